The van der Waals surface area contributed by atoms with E-state index >= 15 is 0 Å². The van der Waals surface area contributed by atoms with Crippen molar-refractivity contribution in [1.82, 2.24) is 5.32 Å². The summed E-state index contributed by atoms with van der Waals surface area (Å²) in [6.45, 7) is 3.21. The molecule has 1 aliphatic rings. The predicted molar refractivity (Wildman–Crippen MR) is 84.5 cm³/mol. The second-order valence-corrected chi connectivity index (χ2v) is 5.26. The van der Waals surface area contributed by atoms with Gasteiger partial charge in [-0.15, -0.1) is 0 Å². The molecule has 114 valence electrons. The van der Waals surface area contributed by atoms with Crippen LogP contribution in [0.1, 0.15) is 18.1 Å². The van der Waals surface area contributed by atoms with Crippen LogP contribution in [0.15, 0.2) is 54.0 Å². The molecule has 0 bridgehead atoms. The van der Waals surface area contributed by atoms with Gasteiger partial charge in [0.15, 0.2) is 5.75 Å². The highest BCUT2D eigenvalue weighted by molar-refractivity contribution is 5.63. The fraction of sp³-hybridized carbons (Fsp3) is 0.176. The highest BCUT2D eigenvalue weighted by Crippen LogP contribution is 2.31. The maximum Gasteiger partial charge on any atom is 0.150 e. The number of hydrogen-bond donors (Lipinski definition) is 3. The topological polar surface area (TPSA) is 59.3 Å². The van der Waals surface area contributed by atoms with Crippen LogP contribution < -0.4 is 21.1 Å². The van der Waals surface area contributed by atoms with Crippen LogP contribution in [0, 0.1) is 5.82 Å². The van der Waals surface area contributed by atoms with Gasteiger partial charge in [-0.3, -0.25) is 0 Å². The number of allylic oxidation sites excluding steroid dienone is 1. The monoisotopic (exact) mass is 299 g/mol. The van der Waals surface area contributed by atoms with E-state index in [2.05, 4.69) is 10.6 Å². The van der Waals surface area contributed by atoms with Gasteiger partial charge in [0.1, 0.15) is 17.4 Å². The molecule has 0 spiro atoms. The lowest BCUT2D eigenvalue weighted by molar-refractivity contribution is 0.415. The van der Waals surface area contributed by atoms with Crippen molar-refractivity contribution in [2.75, 3.05) is 5.32 Å². The minimum atomic E-state index is -0.217. The summed E-state index contributed by atoms with van der Waals surface area (Å²) in [6, 6.07) is 12.4. The lowest BCUT2D eigenvalue weighted by Gasteiger charge is -2.21. The molecule has 0 saturated carbocycles. The van der Waals surface area contributed by atoms with Crippen molar-refractivity contribution >= 4 is 5.69 Å². The smallest absolute Gasteiger partial charge is 0.150 e. The Labute approximate surface area is 128 Å². The standard InChI is InChI=1S/C17H18FN3O/c1-11-17(19)21-15-8-13(4-7-16(15)22-11)10-20-9-12-2-5-14(18)6-3-12/h2-8,20-21H,9-10,19H2,1H3. The summed E-state index contributed by atoms with van der Waals surface area (Å²) in [5.41, 5.74) is 8.85. The van der Waals surface area contributed by atoms with Gasteiger partial charge in [0.05, 0.1) is 5.69 Å². The van der Waals surface area contributed by atoms with Crippen LogP contribution in [0.3, 0.4) is 0 Å². The molecule has 22 heavy (non-hydrogen) atoms. The number of ether oxygens (including phenoxy) is 1. The lowest BCUT2D eigenvalue weighted by atomic mass is 10.1. The van der Waals surface area contributed by atoms with E-state index in [9.17, 15) is 4.39 Å². The lowest BCUT2D eigenvalue weighted by Crippen LogP contribution is -2.19. The summed E-state index contributed by atoms with van der Waals surface area (Å²) in [4.78, 5) is 0. The Hall–Kier alpha value is -2.53. The van der Waals surface area contributed by atoms with Gasteiger partial charge in [0, 0.05) is 13.1 Å². The zero-order chi connectivity index (χ0) is 15.5. The Bertz CT molecular complexity index is 710. The Morgan fingerprint density at radius 1 is 1.09 bits per heavy atom. The first-order valence-electron chi connectivity index (χ1n) is 7.11. The van der Waals surface area contributed by atoms with Crippen molar-refractivity contribution in [3.05, 3.63) is 71.0 Å². The summed E-state index contributed by atoms with van der Waals surface area (Å²) in [5.74, 6) is 1.76. The maximum absolute atomic E-state index is 12.8. The number of nitrogens with two attached hydrogens (primary N) is 1. The number of anilines is 1. The average molecular weight is 299 g/mol. The molecule has 0 fully saturated rings. The molecule has 0 atom stereocenters. The number of benzene rings is 2. The highest BCUT2D eigenvalue weighted by Gasteiger charge is 2.14. The Balaban J connectivity index is 1.61. The molecule has 3 rings (SSSR count). The van der Waals surface area contributed by atoms with E-state index in [-0.39, 0.29) is 5.82 Å². The second-order valence-electron chi connectivity index (χ2n) is 5.26. The summed E-state index contributed by atoms with van der Waals surface area (Å²) >= 11 is 0. The third-order valence-electron chi connectivity index (χ3n) is 3.53. The number of rotatable bonds is 4. The number of hydrogen-bond acceptors (Lipinski definition) is 4. The van der Waals surface area contributed by atoms with Gasteiger partial charge >= 0.3 is 0 Å². The molecule has 5 heteroatoms. The summed E-state index contributed by atoms with van der Waals surface area (Å²) in [6.07, 6.45) is 0. The molecule has 4 N–H and O–H groups in total. The van der Waals surface area contributed by atoms with Crippen LogP contribution in [0.25, 0.3) is 0 Å². The van der Waals surface area contributed by atoms with Crippen LogP contribution in [-0.4, -0.2) is 0 Å². The molecular formula is C17H18FN3O. The van der Waals surface area contributed by atoms with E-state index in [0.717, 1.165) is 22.6 Å². The third-order valence-corrected chi connectivity index (χ3v) is 3.53. The van der Waals surface area contributed by atoms with Gasteiger partial charge in [-0.05, 0) is 42.3 Å². The molecule has 1 aliphatic heterocycles. The van der Waals surface area contributed by atoms with Crippen LogP contribution in [-0.2, 0) is 13.1 Å². The van der Waals surface area contributed by atoms with Gasteiger partial charge < -0.3 is 21.1 Å². The van der Waals surface area contributed by atoms with E-state index in [0.29, 0.717) is 24.7 Å². The second kappa shape index (κ2) is 6.07. The predicted octanol–water partition coefficient (Wildman–Crippen LogP) is 3.07. The zero-order valence-electron chi connectivity index (χ0n) is 12.3. The highest BCUT2D eigenvalue weighted by atomic mass is 19.1. The Kier molecular flexibility index (Phi) is 3.98. The fourth-order valence-electron chi connectivity index (χ4n) is 2.28. The summed E-state index contributed by atoms with van der Waals surface area (Å²) < 4.78 is 18.5. The molecule has 0 saturated heterocycles. The van der Waals surface area contributed by atoms with Crippen molar-refractivity contribution in [1.29, 1.82) is 0 Å². The van der Waals surface area contributed by atoms with E-state index in [1.54, 1.807) is 12.1 Å². The molecule has 0 radical (unpaired) electrons. The van der Waals surface area contributed by atoms with Gasteiger partial charge in [0.25, 0.3) is 0 Å². The maximum atomic E-state index is 12.8. The van der Waals surface area contributed by atoms with E-state index in [1.165, 1.54) is 12.1 Å². The Morgan fingerprint density at radius 3 is 2.55 bits per heavy atom. The SMILES string of the molecule is CC1=C(N)Nc2cc(CNCc3ccc(F)cc3)ccc2O1. The molecular weight excluding hydrogens is 281 g/mol. The Morgan fingerprint density at radius 2 is 1.77 bits per heavy atom. The van der Waals surface area contributed by atoms with E-state index in [4.69, 9.17) is 10.5 Å². The fourth-order valence-corrected chi connectivity index (χ4v) is 2.28. The first-order valence-corrected chi connectivity index (χ1v) is 7.11. The zero-order valence-corrected chi connectivity index (χ0v) is 12.3. The molecule has 0 amide bonds. The molecule has 0 unspecified atom stereocenters. The van der Waals surface area contributed by atoms with Crippen LogP contribution in [0.2, 0.25) is 0 Å². The van der Waals surface area contributed by atoms with Crippen molar-refractivity contribution < 1.29 is 9.13 Å². The van der Waals surface area contributed by atoms with Gasteiger partial charge in [0.2, 0.25) is 0 Å². The van der Waals surface area contributed by atoms with Crippen LogP contribution >= 0.6 is 0 Å². The molecule has 0 aromatic heterocycles. The van der Waals surface area contributed by atoms with E-state index < -0.39 is 0 Å². The number of fused-ring (bicyclic) bond motifs is 1. The van der Waals surface area contributed by atoms with Gasteiger partial charge in [-0.2, -0.15) is 0 Å². The largest absolute Gasteiger partial charge is 0.456 e. The molecule has 2 aromatic rings. The first-order chi connectivity index (χ1) is 10.6. The van der Waals surface area contributed by atoms with Crippen molar-refractivity contribution in [2.45, 2.75) is 20.0 Å². The summed E-state index contributed by atoms with van der Waals surface area (Å²) in [7, 11) is 0. The quantitative estimate of drug-likeness (QED) is 0.812. The normalized spacial score (nSPS) is 13.4. The third kappa shape index (κ3) is 3.20. The molecule has 1 heterocycles. The average Bonchev–Trinajstić information content (AvgIpc) is 2.51. The van der Waals surface area contributed by atoms with Crippen molar-refractivity contribution in [3.8, 4) is 5.75 Å². The molecule has 2 aromatic carbocycles. The van der Waals surface area contributed by atoms with Crippen LogP contribution in [0.5, 0.6) is 5.75 Å². The van der Waals surface area contributed by atoms with Gasteiger partial charge in [-0.25, -0.2) is 4.39 Å². The minimum absolute atomic E-state index is 0.217. The molecule has 4 nitrogen and oxygen atoms in total. The van der Waals surface area contributed by atoms with E-state index in [1.807, 2.05) is 25.1 Å². The number of halogens is 1. The van der Waals surface area contributed by atoms with Crippen LogP contribution in [0.4, 0.5) is 10.1 Å². The van der Waals surface area contributed by atoms with Gasteiger partial charge in [-0.1, -0.05) is 18.2 Å². The first kappa shape index (κ1) is 14.4. The number of nitrogens with one attached hydrogen (secondary N) is 2. The summed E-state index contributed by atoms with van der Waals surface area (Å²) in [5, 5.41) is 6.46. The van der Waals surface area contributed by atoms with Crippen molar-refractivity contribution in [3.63, 3.8) is 0 Å². The minimum Gasteiger partial charge on any atom is -0.456 e. The molecule has 0 aliphatic carbocycles. The van der Waals surface area contributed by atoms with Crippen molar-refractivity contribution in [2.24, 2.45) is 5.73 Å².